The monoisotopic (exact) mass is 219 g/mol. The largest absolute Gasteiger partial charge is 0.377 e. The molecule has 2 heteroatoms. The summed E-state index contributed by atoms with van der Waals surface area (Å²) in [6.45, 7) is 6.25. The second kappa shape index (κ2) is 5.46. The molecule has 1 heterocycles. The van der Waals surface area contributed by atoms with E-state index in [-0.39, 0.29) is 0 Å². The average Bonchev–Trinajstić information content (AvgIpc) is 2.78. The predicted molar refractivity (Wildman–Crippen MR) is 66.6 cm³/mol. The van der Waals surface area contributed by atoms with E-state index in [9.17, 15) is 0 Å². The summed E-state index contributed by atoms with van der Waals surface area (Å²) in [5, 5.41) is 3.54. The van der Waals surface area contributed by atoms with E-state index in [0.29, 0.717) is 12.1 Å². The summed E-state index contributed by atoms with van der Waals surface area (Å²) < 4.78 is 5.60. The van der Waals surface area contributed by atoms with Gasteiger partial charge in [-0.15, -0.1) is 0 Å². The summed E-state index contributed by atoms with van der Waals surface area (Å²) in [5.74, 6) is 0. The fourth-order valence-corrected chi connectivity index (χ4v) is 2.17. The third kappa shape index (κ3) is 3.06. The second-order valence-electron chi connectivity index (χ2n) is 4.68. The van der Waals surface area contributed by atoms with Gasteiger partial charge in [-0.2, -0.15) is 0 Å². The lowest BCUT2D eigenvalue weighted by Crippen LogP contribution is -2.28. The van der Waals surface area contributed by atoms with Gasteiger partial charge in [0.1, 0.15) is 0 Å². The van der Waals surface area contributed by atoms with Crippen molar-refractivity contribution in [2.75, 3.05) is 13.2 Å². The minimum Gasteiger partial charge on any atom is -0.377 e. The van der Waals surface area contributed by atoms with Crippen LogP contribution in [0, 0.1) is 6.92 Å². The van der Waals surface area contributed by atoms with Gasteiger partial charge in [0.15, 0.2) is 0 Å². The maximum absolute atomic E-state index is 5.60. The van der Waals surface area contributed by atoms with E-state index < -0.39 is 0 Å². The fraction of sp³-hybridized carbons (Fsp3) is 0.571. The molecule has 1 aliphatic rings. The molecule has 2 unspecified atom stereocenters. The van der Waals surface area contributed by atoms with E-state index in [1.54, 1.807) is 0 Å². The molecule has 1 aromatic rings. The molecule has 1 fully saturated rings. The van der Waals surface area contributed by atoms with Crippen molar-refractivity contribution in [3.63, 3.8) is 0 Å². The zero-order valence-corrected chi connectivity index (χ0v) is 10.2. The van der Waals surface area contributed by atoms with Gasteiger partial charge in [-0.25, -0.2) is 0 Å². The van der Waals surface area contributed by atoms with Crippen LogP contribution in [0.5, 0.6) is 0 Å². The highest BCUT2D eigenvalue weighted by Crippen LogP contribution is 2.16. The number of benzene rings is 1. The van der Waals surface area contributed by atoms with Crippen LogP contribution in [0.3, 0.4) is 0 Å². The van der Waals surface area contributed by atoms with Crippen LogP contribution >= 0.6 is 0 Å². The fourth-order valence-electron chi connectivity index (χ4n) is 2.17. The molecule has 0 bridgehead atoms. The Bertz CT molecular complexity index is 331. The van der Waals surface area contributed by atoms with Crippen molar-refractivity contribution >= 4 is 0 Å². The van der Waals surface area contributed by atoms with Gasteiger partial charge in [-0.1, -0.05) is 29.8 Å². The zero-order valence-electron chi connectivity index (χ0n) is 10.2. The highest BCUT2D eigenvalue weighted by Gasteiger charge is 2.16. The van der Waals surface area contributed by atoms with E-state index in [1.165, 1.54) is 24.0 Å². The van der Waals surface area contributed by atoms with Gasteiger partial charge in [0, 0.05) is 19.2 Å². The van der Waals surface area contributed by atoms with Crippen molar-refractivity contribution in [2.24, 2.45) is 0 Å². The lowest BCUT2D eigenvalue weighted by atomic mass is 10.1. The second-order valence-corrected chi connectivity index (χ2v) is 4.68. The minimum atomic E-state index is 0.407. The number of aryl methyl sites for hydroxylation is 1. The highest BCUT2D eigenvalue weighted by atomic mass is 16.5. The summed E-state index contributed by atoms with van der Waals surface area (Å²) >= 11 is 0. The molecule has 1 aromatic carbocycles. The molecule has 1 saturated heterocycles. The first kappa shape index (κ1) is 11.6. The van der Waals surface area contributed by atoms with Crippen LogP contribution in [0.15, 0.2) is 24.3 Å². The van der Waals surface area contributed by atoms with Crippen LogP contribution in [0.25, 0.3) is 0 Å². The SMILES string of the molecule is Cc1cccc(C(C)NCC2CCCO2)c1. The topological polar surface area (TPSA) is 21.3 Å². The van der Waals surface area contributed by atoms with Crippen molar-refractivity contribution in [1.29, 1.82) is 0 Å². The van der Waals surface area contributed by atoms with Crippen LogP contribution in [0.4, 0.5) is 0 Å². The molecule has 2 atom stereocenters. The number of hydrogen-bond donors (Lipinski definition) is 1. The van der Waals surface area contributed by atoms with Crippen molar-refractivity contribution in [2.45, 2.75) is 38.8 Å². The number of rotatable bonds is 4. The van der Waals surface area contributed by atoms with Gasteiger partial charge in [-0.05, 0) is 32.3 Å². The zero-order chi connectivity index (χ0) is 11.4. The van der Waals surface area contributed by atoms with Gasteiger partial charge in [0.2, 0.25) is 0 Å². The normalized spacial score (nSPS) is 22.2. The van der Waals surface area contributed by atoms with E-state index in [1.807, 2.05) is 0 Å². The summed E-state index contributed by atoms with van der Waals surface area (Å²) in [4.78, 5) is 0. The first-order valence-corrected chi connectivity index (χ1v) is 6.17. The smallest absolute Gasteiger partial charge is 0.0700 e. The van der Waals surface area contributed by atoms with Crippen molar-refractivity contribution in [3.05, 3.63) is 35.4 Å². The Balaban J connectivity index is 1.85. The Kier molecular flexibility index (Phi) is 3.97. The summed E-state index contributed by atoms with van der Waals surface area (Å²) in [5.41, 5.74) is 2.68. The van der Waals surface area contributed by atoms with E-state index in [0.717, 1.165) is 13.2 Å². The molecule has 0 spiro atoms. The molecule has 0 aromatic heterocycles. The highest BCUT2D eigenvalue weighted by molar-refractivity contribution is 5.24. The molecule has 2 rings (SSSR count). The molecule has 2 nitrogen and oxygen atoms in total. The Labute approximate surface area is 98.0 Å². The van der Waals surface area contributed by atoms with Gasteiger partial charge < -0.3 is 10.1 Å². The van der Waals surface area contributed by atoms with Gasteiger partial charge in [0.05, 0.1) is 6.10 Å². The molecule has 1 aliphatic heterocycles. The third-order valence-electron chi connectivity index (χ3n) is 3.22. The third-order valence-corrected chi connectivity index (χ3v) is 3.22. The van der Waals surface area contributed by atoms with Gasteiger partial charge in [-0.3, -0.25) is 0 Å². The standard InChI is InChI=1S/C14H21NO/c1-11-5-3-6-13(9-11)12(2)15-10-14-7-4-8-16-14/h3,5-6,9,12,14-15H,4,7-8,10H2,1-2H3. The number of ether oxygens (including phenoxy) is 1. The van der Waals surface area contributed by atoms with Crippen LogP contribution in [-0.4, -0.2) is 19.3 Å². The Hall–Kier alpha value is -0.860. The Morgan fingerprint density at radius 3 is 3.06 bits per heavy atom. The quantitative estimate of drug-likeness (QED) is 0.840. The van der Waals surface area contributed by atoms with Crippen molar-refractivity contribution in [3.8, 4) is 0 Å². The van der Waals surface area contributed by atoms with Crippen molar-refractivity contribution < 1.29 is 4.74 Å². The Morgan fingerprint density at radius 1 is 1.50 bits per heavy atom. The molecule has 0 amide bonds. The molecule has 16 heavy (non-hydrogen) atoms. The van der Waals surface area contributed by atoms with E-state index in [2.05, 4.69) is 43.4 Å². The van der Waals surface area contributed by atoms with E-state index >= 15 is 0 Å². The lowest BCUT2D eigenvalue weighted by Gasteiger charge is -2.17. The first-order valence-electron chi connectivity index (χ1n) is 6.17. The lowest BCUT2D eigenvalue weighted by molar-refractivity contribution is 0.108. The van der Waals surface area contributed by atoms with Crippen molar-refractivity contribution in [1.82, 2.24) is 5.32 Å². The molecule has 0 aliphatic carbocycles. The maximum atomic E-state index is 5.60. The van der Waals surface area contributed by atoms with Gasteiger partial charge in [0.25, 0.3) is 0 Å². The molecular formula is C14H21NO. The molecule has 0 saturated carbocycles. The molecule has 0 radical (unpaired) electrons. The number of hydrogen-bond acceptors (Lipinski definition) is 2. The Morgan fingerprint density at radius 2 is 2.38 bits per heavy atom. The van der Waals surface area contributed by atoms with Crippen LogP contribution in [0.2, 0.25) is 0 Å². The molecule has 1 N–H and O–H groups in total. The summed E-state index contributed by atoms with van der Waals surface area (Å²) in [7, 11) is 0. The molecule has 88 valence electrons. The van der Waals surface area contributed by atoms with E-state index in [4.69, 9.17) is 4.74 Å². The first-order chi connectivity index (χ1) is 7.75. The molecular weight excluding hydrogens is 198 g/mol. The predicted octanol–water partition coefficient (Wildman–Crippen LogP) is 2.82. The van der Waals surface area contributed by atoms with Crippen LogP contribution < -0.4 is 5.32 Å². The summed E-state index contributed by atoms with van der Waals surface area (Å²) in [6.07, 6.45) is 2.84. The average molecular weight is 219 g/mol. The summed E-state index contributed by atoms with van der Waals surface area (Å²) in [6, 6.07) is 9.09. The maximum Gasteiger partial charge on any atom is 0.0700 e. The van der Waals surface area contributed by atoms with Gasteiger partial charge >= 0.3 is 0 Å². The van der Waals surface area contributed by atoms with Crippen LogP contribution in [0.1, 0.15) is 36.9 Å². The minimum absolute atomic E-state index is 0.407. The number of nitrogens with one attached hydrogen (secondary N) is 1. The van der Waals surface area contributed by atoms with Crippen LogP contribution in [-0.2, 0) is 4.74 Å².